The summed E-state index contributed by atoms with van der Waals surface area (Å²) in [4.78, 5) is 27.4. The van der Waals surface area contributed by atoms with Crippen molar-refractivity contribution in [2.24, 2.45) is 0 Å². The number of aromatic nitrogens is 1. The van der Waals surface area contributed by atoms with E-state index in [-0.39, 0.29) is 24.8 Å². The molecule has 26 heavy (non-hydrogen) atoms. The Morgan fingerprint density at radius 2 is 1.92 bits per heavy atom. The lowest BCUT2D eigenvalue weighted by Crippen LogP contribution is -2.28. The van der Waals surface area contributed by atoms with E-state index in [1.54, 1.807) is 30.5 Å². The van der Waals surface area contributed by atoms with Gasteiger partial charge in [-0.1, -0.05) is 42.5 Å². The van der Waals surface area contributed by atoms with Crippen LogP contribution in [0.3, 0.4) is 0 Å². The largest absolute Gasteiger partial charge is 0.484 e. The zero-order chi connectivity index (χ0) is 18.4. The van der Waals surface area contributed by atoms with Crippen molar-refractivity contribution >= 4 is 11.7 Å². The van der Waals surface area contributed by atoms with Crippen LogP contribution in [0.25, 0.3) is 11.3 Å². The van der Waals surface area contributed by atoms with E-state index in [9.17, 15) is 9.59 Å². The highest BCUT2D eigenvalue weighted by atomic mass is 16.5. The van der Waals surface area contributed by atoms with Crippen LogP contribution in [0.1, 0.15) is 23.2 Å². The number of benzene rings is 2. The molecule has 6 nitrogen and oxygen atoms in total. The lowest BCUT2D eigenvalue weighted by Gasteiger charge is -2.07. The average Bonchev–Trinajstić information content (AvgIpc) is 3.15. The molecule has 0 aliphatic rings. The van der Waals surface area contributed by atoms with E-state index >= 15 is 0 Å². The molecule has 3 aromatic rings. The maximum atomic E-state index is 11.9. The van der Waals surface area contributed by atoms with E-state index in [4.69, 9.17) is 9.15 Å². The maximum absolute atomic E-state index is 11.9. The Morgan fingerprint density at radius 1 is 1.12 bits per heavy atom. The van der Waals surface area contributed by atoms with E-state index in [0.717, 1.165) is 5.56 Å². The number of nitrogens with one attached hydrogen (secondary N) is 1. The second kappa shape index (κ2) is 8.11. The van der Waals surface area contributed by atoms with Crippen molar-refractivity contribution in [1.29, 1.82) is 0 Å². The molecule has 0 aliphatic heterocycles. The van der Waals surface area contributed by atoms with Gasteiger partial charge in [-0.15, -0.1) is 0 Å². The van der Waals surface area contributed by atoms with Crippen molar-refractivity contribution in [2.45, 2.75) is 13.5 Å². The van der Waals surface area contributed by atoms with Gasteiger partial charge in [0, 0.05) is 11.1 Å². The highest BCUT2D eigenvalue weighted by Gasteiger charge is 2.09. The molecule has 0 radical (unpaired) electrons. The molecule has 1 aromatic heterocycles. The third-order valence-corrected chi connectivity index (χ3v) is 3.66. The number of hydrogen-bond acceptors (Lipinski definition) is 5. The highest BCUT2D eigenvalue weighted by Crippen LogP contribution is 2.19. The van der Waals surface area contributed by atoms with Gasteiger partial charge in [0.25, 0.3) is 5.91 Å². The van der Waals surface area contributed by atoms with Gasteiger partial charge in [0.2, 0.25) is 5.89 Å². The van der Waals surface area contributed by atoms with Crippen LogP contribution in [-0.4, -0.2) is 23.3 Å². The number of carbonyl (C=O) groups is 2. The topological polar surface area (TPSA) is 81.4 Å². The fraction of sp³-hybridized carbons (Fsp3) is 0.150. The summed E-state index contributed by atoms with van der Waals surface area (Å²) in [6.45, 7) is 1.49. The van der Waals surface area contributed by atoms with Gasteiger partial charge in [0.1, 0.15) is 5.75 Å². The zero-order valence-corrected chi connectivity index (χ0v) is 14.3. The van der Waals surface area contributed by atoms with Crippen molar-refractivity contribution in [3.05, 3.63) is 72.2 Å². The first-order chi connectivity index (χ1) is 12.6. The van der Waals surface area contributed by atoms with E-state index in [2.05, 4.69) is 10.3 Å². The summed E-state index contributed by atoms with van der Waals surface area (Å²) in [5.74, 6) is 1.16. The molecule has 132 valence electrons. The van der Waals surface area contributed by atoms with Crippen molar-refractivity contribution in [1.82, 2.24) is 10.3 Å². The standard InChI is InChI=1S/C20H18N2O4/c1-14(23)16-8-5-9-17(10-16)25-13-19(24)21-12-20-22-11-18(26-20)15-6-3-2-4-7-15/h2-11H,12-13H2,1H3,(H,21,24). The number of oxazole rings is 1. The van der Waals surface area contributed by atoms with Gasteiger partial charge in [-0.2, -0.15) is 0 Å². The Balaban J connectivity index is 1.49. The van der Waals surface area contributed by atoms with Gasteiger partial charge in [-0.3, -0.25) is 9.59 Å². The molecule has 0 unspecified atom stereocenters. The van der Waals surface area contributed by atoms with Gasteiger partial charge in [-0.05, 0) is 19.1 Å². The molecule has 0 spiro atoms. The van der Waals surface area contributed by atoms with Crippen LogP contribution >= 0.6 is 0 Å². The van der Waals surface area contributed by atoms with E-state index in [1.807, 2.05) is 30.3 Å². The number of amides is 1. The SMILES string of the molecule is CC(=O)c1cccc(OCC(=O)NCc2ncc(-c3ccccc3)o2)c1. The van der Waals surface area contributed by atoms with E-state index in [1.165, 1.54) is 6.92 Å². The first-order valence-electron chi connectivity index (χ1n) is 8.12. The predicted molar refractivity (Wildman–Crippen MR) is 95.7 cm³/mol. The minimum Gasteiger partial charge on any atom is -0.484 e. The first kappa shape index (κ1) is 17.4. The van der Waals surface area contributed by atoms with Crippen LogP contribution < -0.4 is 10.1 Å². The monoisotopic (exact) mass is 350 g/mol. The van der Waals surface area contributed by atoms with Crippen molar-refractivity contribution in [3.63, 3.8) is 0 Å². The number of Topliss-reactive ketones (excluding diaryl/α,β-unsaturated/α-hetero) is 1. The Kier molecular flexibility index (Phi) is 5.43. The third-order valence-electron chi connectivity index (χ3n) is 3.66. The molecule has 0 saturated heterocycles. The Bertz CT molecular complexity index is 903. The molecule has 1 heterocycles. The Morgan fingerprint density at radius 3 is 2.69 bits per heavy atom. The Hall–Kier alpha value is -3.41. The van der Waals surface area contributed by atoms with Crippen LogP contribution in [0.15, 0.2) is 65.2 Å². The van der Waals surface area contributed by atoms with Crippen LogP contribution in [0.2, 0.25) is 0 Å². The molecule has 0 bridgehead atoms. The minimum atomic E-state index is -0.308. The molecule has 1 amide bonds. The average molecular weight is 350 g/mol. The van der Waals surface area contributed by atoms with Gasteiger partial charge in [0.15, 0.2) is 18.2 Å². The smallest absolute Gasteiger partial charge is 0.258 e. The summed E-state index contributed by atoms with van der Waals surface area (Å²) < 4.78 is 11.0. The van der Waals surface area contributed by atoms with Crippen LogP contribution in [0, 0.1) is 0 Å². The normalized spacial score (nSPS) is 10.3. The van der Waals surface area contributed by atoms with Crippen LogP contribution in [0.5, 0.6) is 5.75 Å². The lowest BCUT2D eigenvalue weighted by molar-refractivity contribution is -0.123. The molecule has 6 heteroatoms. The fourth-order valence-electron chi connectivity index (χ4n) is 2.31. The molecule has 1 N–H and O–H groups in total. The second-order valence-corrected chi connectivity index (χ2v) is 5.63. The van der Waals surface area contributed by atoms with Crippen LogP contribution in [0.4, 0.5) is 0 Å². The number of carbonyl (C=O) groups excluding carboxylic acids is 2. The summed E-state index contributed by atoms with van der Waals surface area (Å²) >= 11 is 0. The van der Waals surface area contributed by atoms with Crippen molar-refractivity contribution < 1.29 is 18.7 Å². The Labute approximate surface area is 150 Å². The molecule has 0 aliphatic carbocycles. The summed E-state index contributed by atoms with van der Waals surface area (Å²) in [6.07, 6.45) is 1.63. The maximum Gasteiger partial charge on any atom is 0.258 e. The molecule has 0 fully saturated rings. The molecule has 0 saturated carbocycles. The number of nitrogens with zero attached hydrogens (tertiary/aromatic N) is 1. The van der Waals surface area contributed by atoms with Gasteiger partial charge in [-0.25, -0.2) is 4.98 Å². The molecule has 2 aromatic carbocycles. The molecular weight excluding hydrogens is 332 g/mol. The van der Waals surface area contributed by atoms with Crippen molar-refractivity contribution in [3.8, 4) is 17.1 Å². The number of rotatable bonds is 7. The predicted octanol–water partition coefficient (Wildman–Crippen LogP) is 3.24. The van der Waals surface area contributed by atoms with Crippen molar-refractivity contribution in [2.75, 3.05) is 6.61 Å². The summed E-state index contributed by atoms with van der Waals surface area (Å²) in [7, 11) is 0. The van der Waals surface area contributed by atoms with Gasteiger partial charge >= 0.3 is 0 Å². The summed E-state index contributed by atoms with van der Waals surface area (Å²) in [5.41, 5.74) is 1.46. The minimum absolute atomic E-state index is 0.0574. The highest BCUT2D eigenvalue weighted by molar-refractivity contribution is 5.94. The lowest BCUT2D eigenvalue weighted by atomic mass is 10.1. The summed E-state index contributed by atoms with van der Waals surface area (Å²) in [6, 6.07) is 16.3. The number of hydrogen-bond donors (Lipinski definition) is 1. The second-order valence-electron chi connectivity index (χ2n) is 5.63. The van der Waals surface area contributed by atoms with Gasteiger partial charge in [0.05, 0.1) is 12.7 Å². The van der Waals surface area contributed by atoms with E-state index in [0.29, 0.717) is 23.0 Å². The first-order valence-corrected chi connectivity index (χ1v) is 8.12. The van der Waals surface area contributed by atoms with Crippen LogP contribution in [-0.2, 0) is 11.3 Å². The zero-order valence-electron chi connectivity index (χ0n) is 14.3. The van der Waals surface area contributed by atoms with E-state index < -0.39 is 0 Å². The summed E-state index contributed by atoms with van der Waals surface area (Å²) in [5, 5.41) is 2.68. The van der Waals surface area contributed by atoms with Gasteiger partial charge < -0.3 is 14.5 Å². The quantitative estimate of drug-likeness (QED) is 0.662. The molecular formula is C20H18N2O4. The number of ketones is 1. The molecule has 0 atom stereocenters. The molecule has 3 rings (SSSR count). The third kappa shape index (κ3) is 4.57. The number of ether oxygens (including phenoxy) is 1. The fourth-order valence-corrected chi connectivity index (χ4v) is 2.31.